The Morgan fingerprint density at radius 2 is 2.00 bits per heavy atom. The van der Waals surface area contributed by atoms with Crippen LogP contribution in [0.1, 0.15) is 29.7 Å². The van der Waals surface area contributed by atoms with Crippen molar-refractivity contribution < 1.29 is 4.39 Å². The van der Waals surface area contributed by atoms with Gasteiger partial charge in [-0.25, -0.2) is 4.39 Å². The normalized spacial score (nSPS) is 12.4. The summed E-state index contributed by atoms with van der Waals surface area (Å²) in [5, 5.41) is 4.11. The van der Waals surface area contributed by atoms with Crippen LogP contribution in [0, 0.1) is 12.7 Å². The van der Waals surface area contributed by atoms with Crippen molar-refractivity contribution in [2.45, 2.75) is 26.4 Å². The van der Waals surface area contributed by atoms with E-state index < -0.39 is 0 Å². The van der Waals surface area contributed by atoms with Gasteiger partial charge >= 0.3 is 0 Å². The van der Waals surface area contributed by atoms with Crippen molar-refractivity contribution in [2.24, 2.45) is 0 Å². The topological polar surface area (TPSA) is 12.0 Å². The Kier molecular flexibility index (Phi) is 4.56. The van der Waals surface area contributed by atoms with Gasteiger partial charge in [0.05, 0.1) is 0 Å². The van der Waals surface area contributed by atoms with E-state index in [4.69, 9.17) is 11.6 Å². The van der Waals surface area contributed by atoms with Crippen LogP contribution in [0.3, 0.4) is 0 Å². The van der Waals surface area contributed by atoms with Crippen LogP contribution in [0.25, 0.3) is 0 Å². The fraction of sp³-hybridized carbons (Fsp3) is 0.250. The van der Waals surface area contributed by atoms with E-state index in [1.165, 1.54) is 6.07 Å². The predicted octanol–water partition coefficient (Wildman–Crippen LogP) is 4.64. The smallest absolute Gasteiger partial charge is 0.123 e. The molecule has 2 rings (SSSR count). The molecule has 0 aromatic heterocycles. The molecule has 0 heterocycles. The van der Waals surface area contributed by atoms with Crippen molar-refractivity contribution >= 4 is 11.6 Å². The first-order valence-corrected chi connectivity index (χ1v) is 6.68. The summed E-state index contributed by atoms with van der Waals surface area (Å²) in [6.45, 7) is 4.69. The summed E-state index contributed by atoms with van der Waals surface area (Å²) < 4.78 is 13.2. The number of aryl methyl sites for hydroxylation is 1. The molecule has 3 heteroatoms. The van der Waals surface area contributed by atoms with Gasteiger partial charge in [0.1, 0.15) is 5.82 Å². The molecule has 0 aliphatic heterocycles. The third-order valence-electron chi connectivity index (χ3n) is 3.16. The Morgan fingerprint density at radius 1 is 1.21 bits per heavy atom. The maximum atomic E-state index is 13.2. The summed E-state index contributed by atoms with van der Waals surface area (Å²) in [5.41, 5.74) is 3.13. The Hall–Kier alpha value is -1.38. The lowest BCUT2D eigenvalue weighted by atomic mass is 10.1. The number of benzene rings is 2. The molecule has 0 unspecified atom stereocenters. The highest BCUT2D eigenvalue weighted by Gasteiger charge is 2.07. The van der Waals surface area contributed by atoms with Gasteiger partial charge in [-0.2, -0.15) is 0 Å². The third kappa shape index (κ3) is 3.79. The van der Waals surface area contributed by atoms with E-state index in [9.17, 15) is 4.39 Å². The van der Waals surface area contributed by atoms with E-state index in [2.05, 4.69) is 5.32 Å². The average Bonchev–Trinajstić information content (AvgIpc) is 2.37. The zero-order chi connectivity index (χ0) is 13.8. The SMILES string of the molecule is Cc1ccc(CN[C@H](C)c2cccc(F)c2)c(Cl)c1. The fourth-order valence-corrected chi connectivity index (χ4v) is 2.25. The summed E-state index contributed by atoms with van der Waals surface area (Å²) in [4.78, 5) is 0. The molecule has 100 valence electrons. The van der Waals surface area contributed by atoms with Crippen molar-refractivity contribution in [3.05, 3.63) is 70.0 Å². The third-order valence-corrected chi connectivity index (χ3v) is 3.51. The van der Waals surface area contributed by atoms with E-state index in [-0.39, 0.29) is 11.9 Å². The first kappa shape index (κ1) is 14.0. The Labute approximate surface area is 118 Å². The Morgan fingerprint density at radius 3 is 2.68 bits per heavy atom. The van der Waals surface area contributed by atoms with Gasteiger partial charge in [0.25, 0.3) is 0 Å². The molecule has 0 amide bonds. The minimum atomic E-state index is -0.209. The quantitative estimate of drug-likeness (QED) is 0.858. The number of hydrogen-bond donors (Lipinski definition) is 1. The molecule has 0 bridgehead atoms. The second kappa shape index (κ2) is 6.18. The molecule has 2 aromatic rings. The summed E-state index contributed by atoms with van der Waals surface area (Å²) in [6.07, 6.45) is 0. The first-order valence-electron chi connectivity index (χ1n) is 6.30. The minimum absolute atomic E-state index is 0.0769. The van der Waals surface area contributed by atoms with E-state index in [0.29, 0.717) is 6.54 Å². The number of halogens is 2. The van der Waals surface area contributed by atoms with Gasteiger partial charge in [0.15, 0.2) is 0 Å². The highest BCUT2D eigenvalue weighted by atomic mass is 35.5. The molecular formula is C16H17ClFN. The summed E-state index contributed by atoms with van der Waals surface area (Å²) in [6, 6.07) is 12.7. The van der Waals surface area contributed by atoms with Crippen LogP contribution in [0.15, 0.2) is 42.5 Å². The molecule has 0 saturated carbocycles. The molecule has 0 aliphatic carbocycles. The van der Waals surface area contributed by atoms with Crippen LogP contribution < -0.4 is 5.32 Å². The van der Waals surface area contributed by atoms with Crippen molar-refractivity contribution in [2.75, 3.05) is 0 Å². The molecule has 1 atom stereocenters. The first-order chi connectivity index (χ1) is 9.06. The standard InChI is InChI=1S/C16H17ClFN/c1-11-6-7-14(16(17)8-11)10-19-12(2)13-4-3-5-15(18)9-13/h3-9,12,19H,10H2,1-2H3/t12-/m1/s1. The Balaban J connectivity index is 2.02. The van der Waals surface area contributed by atoms with Gasteiger partial charge < -0.3 is 5.32 Å². The van der Waals surface area contributed by atoms with Crippen LogP contribution in [0.4, 0.5) is 4.39 Å². The lowest BCUT2D eigenvalue weighted by molar-refractivity contribution is 0.565. The van der Waals surface area contributed by atoms with Crippen molar-refractivity contribution in [1.29, 1.82) is 0 Å². The predicted molar refractivity (Wildman–Crippen MR) is 77.8 cm³/mol. The van der Waals surface area contributed by atoms with E-state index >= 15 is 0 Å². The second-order valence-corrected chi connectivity index (χ2v) is 5.16. The maximum Gasteiger partial charge on any atom is 0.123 e. The maximum absolute atomic E-state index is 13.2. The summed E-state index contributed by atoms with van der Waals surface area (Å²) >= 11 is 6.18. The molecule has 0 radical (unpaired) electrons. The molecule has 0 aliphatic rings. The van der Waals surface area contributed by atoms with Gasteiger partial charge in [-0.1, -0.05) is 35.9 Å². The Bertz CT molecular complexity index is 568. The highest BCUT2D eigenvalue weighted by molar-refractivity contribution is 6.31. The molecule has 1 N–H and O–H groups in total. The van der Waals surface area contributed by atoms with E-state index in [0.717, 1.165) is 21.7 Å². The molecule has 1 nitrogen and oxygen atoms in total. The minimum Gasteiger partial charge on any atom is -0.306 e. The number of hydrogen-bond acceptors (Lipinski definition) is 1. The van der Waals surface area contributed by atoms with Crippen LogP contribution in [-0.4, -0.2) is 0 Å². The fourth-order valence-electron chi connectivity index (χ4n) is 1.95. The van der Waals surface area contributed by atoms with E-state index in [1.807, 2.05) is 38.1 Å². The van der Waals surface area contributed by atoms with Crippen LogP contribution in [-0.2, 0) is 6.54 Å². The van der Waals surface area contributed by atoms with Crippen molar-refractivity contribution in [1.82, 2.24) is 5.32 Å². The van der Waals surface area contributed by atoms with Gasteiger partial charge in [-0.05, 0) is 48.7 Å². The monoisotopic (exact) mass is 277 g/mol. The number of nitrogens with one attached hydrogen (secondary N) is 1. The lowest BCUT2D eigenvalue weighted by Gasteiger charge is -2.15. The second-order valence-electron chi connectivity index (χ2n) is 4.75. The summed E-state index contributed by atoms with van der Waals surface area (Å²) in [5.74, 6) is -0.209. The molecule has 0 fully saturated rings. The molecule has 2 aromatic carbocycles. The van der Waals surface area contributed by atoms with Crippen LogP contribution >= 0.6 is 11.6 Å². The van der Waals surface area contributed by atoms with Gasteiger partial charge in [-0.3, -0.25) is 0 Å². The van der Waals surface area contributed by atoms with Crippen LogP contribution in [0.5, 0.6) is 0 Å². The zero-order valence-electron chi connectivity index (χ0n) is 11.1. The largest absolute Gasteiger partial charge is 0.306 e. The number of rotatable bonds is 4. The van der Waals surface area contributed by atoms with Crippen molar-refractivity contribution in [3.8, 4) is 0 Å². The molecule has 0 saturated heterocycles. The van der Waals surface area contributed by atoms with Crippen molar-refractivity contribution in [3.63, 3.8) is 0 Å². The van der Waals surface area contributed by atoms with Gasteiger partial charge in [0, 0.05) is 17.6 Å². The van der Waals surface area contributed by atoms with Gasteiger partial charge in [-0.15, -0.1) is 0 Å². The lowest BCUT2D eigenvalue weighted by Crippen LogP contribution is -2.18. The highest BCUT2D eigenvalue weighted by Crippen LogP contribution is 2.19. The average molecular weight is 278 g/mol. The molecular weight excluding hydrogens is 261 g/mol. The molecule has 19 heavy (non-hydrogen) atoms. The van der Waals surface area contributed by atoms with Gasteiger partial charge in [0.2, 0.25) is 0 Å². The zero-order valence-corrected chi connectivity index (χ0v) is 11.8. The van der Waals surface area contributed by atoms with E-state index in [1.54, 1.807) is 12.1 Å². The van der Waals surface area contributed by atoms with Crippen LogP contribution in [0.2, 0.25) is 5.02 Å². The summed E-state index contributed by atoms with van der Waals surface area (Å²) in [7, 11) is 0. The molecule has 0 spiro atoms.